The largest absolute Gasteiger partial charge is 0.291 e. The highest BCUT2D eigenvalue weighted by molar-refractivity contribution is 7.26. The van der Waals surface area contributed by atoms with Gasteiger partial charge in [-0.15, -0.1) is 11.3 Å². The van der Waals surface area contributed by atoms with Crippen molar-refractivity contribution < 1.29 is 0 Å². The van der Waals surface area contributed by atoms with Gasteiger partial charge in [0.15, 0.2) is 5.65 Å². The van der Waals surface area contributed by atoms with E-state index in [9.17, 15) is 0 Å². The average molecular weight is 593 g/mol. The number of hydrogen-bond acceptors (Lipinski definition) is 2. The molecule has 0 bridgehead atoms. The smallest absolute Gasteiger partial charge is 0.156 e. The molecule has 1 aliphatic rings. The fraction of sp³-hybridized carbons (Fsp3) is 0.0714. The number of aromatic nitrogens is 2. The van der Waals surface area contributed by atoms with Crippen LogP contribution < -0.4 is 0 Å². The first-order valence-electron chi connectivity index (χ1n) is 15.5. The molecular formula is C42H28N2S. The molecule has 0 spiro atoms. The van der Waals surface area contributed by atoms with Gasteiger partial charge in [-0.3, -0.25) is 4.40 Å². The summed E-state index contributed by atoms with van der Waals surface area (Å²) >= 11 is 1.84. The molecule has 0 saturated carbocycles. The first-order chi connectivity index (χ1) is 22.0. The van der Waals surface area contributed by atoms with Gasteiger partial charge in [0.1, 0.15) is 0 Å². The van der Waals surface area contributed by atoms with Crippen LogP contribution in [0.5, 0.6) is 0 Å². The third-order valence-electron chi connectivity index (χ3n) is 9.98. The molecule has 0 amide bonds. The van der Waals surface area contributed by atoms with Crippen LogP contribution in [-0.2, 0) is 5.41 Å². The van der Waals surface area contributed by atoms with Crippen molar-refractivity contribution in [2.75, 3.05) is 0 Å². The summed E-state index contributed by atoms with van der Waals surface area (Å²) in [6.45, 7) is 4.67. The molecule has 45 heavy (non-hydrogen) atoms. The van der Waals surface area contributed by atoms with Gasteiger partial charge in [-0.25, -0.2) is 4.98 Å². The molecule has 0 radical (unpaired) electrons. The number of imidazole rings is 1. The predicted molar refractivity (Wildman–Crippen MR) is 192 cm³/mol. The molecule has 0 unspecified atom stereocenters. The molecule has 0 fully saturated rings. The van der Waals surface area contributed by atoms with E-state index in [-0.39, 0.29) is 5.41 Å². The highest BCUT2D eigenvalue weighted by Gasteiger charge is 2.35. The summed E-state index contributed by atoms with van der Waals surface area (Å²) in [5.74, 6) is 0. The van der Waals surface area contributed by atoms with Gasteiger partial charge in [0, 0.05) is 20.9 Å². The molecule has 2 nitrogen and oxygen atoms in total. The average Bonchev–Trinajstić information content (AvgIpc) is 3.71. The summed E-state index contributed by atoms with van der Waals surface area (Å²) in [6.07, 6.45) is 0. The highest BCUT2D eigenvalue weighted by atomic mass is 32.1. The summed E-state index contributed by atoms with van der Waals surface area (Å²) in [6, 6.07) is 49.2. The van der Waals surface area contributed by atoms with Crippen LogP contribution in [0.3, 0.4) is 0 Å². The van der Waals surface area contributed by atoms with Crippen LogP contribution in [0.15, 0.2) is 133 Å². The topological polar surface area (TPSA) is 17.3 Å². The Morgan fingerprint density at radius 2 is 1.27 bits per heavy atom. The maximum absolute atomic E-state index is 5.28. The number of pyridine rings is 1. The molecular weight excluding hydrogens is 565 g/mol. The number of fused-ring (bicyclic) bond motifs is 11. The van der Waals surface area contributed by atoms with E-state index in [0.29, 0.717) is 0 Å². The predicted octanol–water partition coefficient (Wildman–Crippen LogP) is 11.6. The molecule has 6 aromatic carbocycles. The summed E-state index contributed by atoms with van der Waals surface area (Å²) in [5.41, 5.74) is 13.5. The molecule has 3 aromatic heterocycles. The van der Waals surface area contributed by atoms with Crippen molar-refractivity contribution >= 4 is 59.0 Å². The minimum absolute atomic E-state index is 0.0169. The maximum atomic E-state index is 5.28. The van der Waals surface area contributed by atoms with E-state index in [1.807, 2.05) is 11.3 Å². The van der Waals surface area contributed by atoms with Crippen molar-refractivity contribution in [1.29, 1.82) is 0 Å². The van der Waals surface area contributed by atoms with E-state index in [1.54, 1.807) is 0 Å². The minimum Gasteiger partial charge on any atom is -0.291 e. The van der Waals surface area contributed by atoms with Crippen molar-refractivity contribution in [2.45, 2.75) is 19.3 Å². The van der Waals surface area contributed by atoms with Gasteiger partial charge < -0.3 is 0 Å². The Balaban J connectivity index is 1.18. The normalized spacial score (nSPS) is 13.7. The number of benzene rings is 6. The fourth-order valence-corrected chi connectivity index (χ4v) is 8.84. The Hall–Kier alpha value is -5.25. The minimum atomic E-state index is 0.0169. The Bertz CT molecular complexity index is 2660. The van der Waals surface area contributed by atoms with Crippen LogP contribution >= 0.6 is 11.3 Å². The van der Waals surface area contributed by atoms with E-state index >= 15 is 0 Å². The van der Waals surface area contributed by atoms with Crippen molar-refractivity contribution in [1.82, 2.24) is 9.38 Å². The van der Waals surface area contributed by atoms with Crippen molar-refractivity contribution in [3.05, 3.63) is 145 Å². The Kier molecular flexibility index (Phi) is 4.97. The fourth-order valence-electron chi connectivity index (χ4n) is 7.68. The van der Waals surface area contributed by atoms with E-state index in [2.05, 4.69) is 152 Å². The number of hydrogen-bond donors (Lipinski definition) is 0. The Morgan fingerprint density at radius 1 is 0.578 bits per heavy atom. The quantitative estimate of drug-likeness (QED) is 0.195. The molecule has 0 saturated heterocycles. The zero-order valence-corrected chi connectivity index (χ0v) is 25.8. The van der Waals surface area contributed by atoms with Crippen LogP contribution in [0, 0.1) is 0 Å². The zero-order chi connectivity index (χ0) is 29.9. The highest BCUT2D eigenvalue weighted by Crippen LogP contribution is 2.49. The lowest BCUT2D eigenvalue weighted by atomic mass is 9.82. The van der Waals surface area contributed by atoms with Crippen molar-refractivity contribution in [2.24, 2.45) is 0 Å². The standard InChI is InChI=1S/C42H28N2S/c1-42(2)34-13-7-5-11-30(34)32-21-29(19-20-35(32)42)25-15-17-26(18-16-25)37-24-33-31-12-6-8-14-39(31)45-40(33)41-43-36-22-27-9-3-4-10-28(27)23-38(36)44(37)41/h3-24H,1-2H3. The van der Waals surface area contributed by atoms with Crippen LogP contribution in [0.25, 0.3) is 81.1 Å². The molecule has 9 aromatic rings. The number of nitrogens with zero attached hydrogens (tertiary/aromatic N) is 2. The van der Waals surface area contributed by atoms with Gasteiger partial charge in [0.2, 0.25) is 0 Å². The van der Waals surface area contributed by atoms with E-state index < -0.39 is 0 Å². The van der Waals surface area contributed by atoms with E-state index in [4.69, 9.17) is 4.98 Å². The third-order valence-corrected chi connectivity index (χ3v) is 11.2. The first kappa shape index (κ1) is 25.1. The zero-order valence-electron chi connectivity index (χ0n) is 25.0. The van der Waals surface area contributed by atoms with Gasteiger partial charge in [-0.2, -0.15) is 0 Å². The van der Waals surface area contributed by atoms with Gasteiger partial charge >= 0.3 is 0 Å². The molecule has 10 rings (SSSR count). The second-order valence-corrected chi connectivity index (χ2v) is 13.9. The Labute approximate surface area is 264 Å². The SMILES string of the molecule is CC1(C)c2ccccc2-c2cc(-c3ccc(-c4cc5c6ccccc6sc5c5nc6cc7ccccc7cc6n45)cc3)ccc21. The molecule has 3 heterocycles. The molecule has 3 heteroatoms. The van der Waals surface area contributed by atoms with Crippen molar-refractivity contribution in [3.63, 3.8) is 0 Å². The van der Waals surface area contributed by atoms with Crippen LogP contribution in [0.2, 0.25) is 0 Å². The summed E-state index contributed by atoms with van der Waals surface area (Å²) in [7, 11) is 0. The monoisotopic (exact) mass is 592 g/mol. The van der Waals surface area contributed by atoms with Crippen LogP contribution in [0.1, 0.15) is 25.0 Å². The lowest BCUT2D eigenvalue weighted by Gasteiger charge is -2.21. The van der Waals surface area contributed by atoms with E-state index in [0.717, 1.165) is 22.4 Å². The molecule has 0 aliphatic heterocycles. The lowest BCUT2D eigenvalue weighted by Crippen LogP contribution is -2.14. The summed E-state index contributed by atoms with van der Waals surface area (Å²) in [4.78, 5) is 5.28. The van der Waals surface area contributed by atoms with Crippen LogP contribution in [0.4, 0.5) is 0 Å². The third kappa shape index (κ3) is 3.47. The van der Waals surface area contributed by atoms with Gasteiger partial charge in [0.05, 0.1) is 21.4 Å². The first-order valence-corrected chi connectivity index (χ1v) is 16.4. The molecule has 1 aliphatic carbocycles. The molecule has 0 atom stereocenters. The Morgan fingerprint density at radius 3 is 2.13 bits per heavy atom. The summed E-state index contributed by atoms with van der Waals surface area (Å²) < 4.78 is 4.90. The lowest BCUT2D eigenvalue weighted by molar-refractivity contribution is 0.660. The van der Waals surface area contributed by atoms with Crippen LogP contribution in [-0.4, -0.2) is 9.38 Å². The summed E-state index contributed by atoms with van der Waals surface area (Å²) in [5, 5.41) is 5.00. The van der Waals surface area contributed by atoms with Gasteiger partial charge in [-0.05, 0) is 80.0 Å². The maximum Gasteiger partial charge on any atom is 0.156 e. The number of thiophene rings is 1. The molecule has 0 N–H and O–H groups in total. The van der Waals surface area contributed by atoms with E-state index in [1.165, 1.54) is 69.9 Å². The van der Waals surface area contributed by atoms with Gasteiger partial charge in [-0.1, -0.05) is 117 Å². The molecule has 212 valence electrons. The second kappa shape index (κ2) is 8.90. The second-order valence-electron chi connectivity index (χ2n) is 12.8. The van der Waals surface area contributed by atoms with Gasteiger partial charge in [0.25, 0.3) is 0 Å². The number of rotatable bonds is 2. The van der Waals surface area contributed by atoms with Crippen molar-refractivity contribution in [3.8, 4) is 33.5 Å².